The summed E-state index contributed by atoms with van der Waals surface area (Å²) in [7, 11) is 0. The van der Waals surface area contributed by atoms with Gasteiger partial charge in [0, 0.05) is 11.9 Å². The number of nitrogens with two attached hydrogens (primary N) is 1. The van der Waals surface area contributed by atoms with Crippen LogP contribution in [0.2, 0.25) is 0 Å². The van der Waals surface area contributed by atoms with Gasteiger partial charge in [-0.25, -0.2) is 9.97 Å². The van der Waals surface area contributed by atoms with Crippen LogP contribution in [0, 0.1) is 0 Å². The van der Waals surface area contributed by atoms with Crippen molar-refractivity contribution in [2.75, 3.05) is 12.3 Å². The summed E-state index contributed by atoms with van der Waals surface area (Å²) >= 11 is 0. The maximum Gasteiger partial charge on any atom is 0.152 e. The minimum Gasteiger partial charge on any atom is -0.382 e. The van der Waals surface area contributed by atoms with Crippen molar-refractivity contribution in [3.63, 3.8) is 0 Å². The summed E-state index contributed by atoms with van der Waals surface area (Å²) in [4.78, 5) is 9.26. The quantitative estimate of drug-likeness (QED) is 0.604. The van der Waals surface area contributed by atoms with Gasteiger partial charge in [-0.15, -0.1) is 0 Å². The summed E-state index contributed by atoms with van der Waals surface area (Å²) < 4.78 is 13.8. The molecule has 0 spiro atoms. The van der Waals surface area contributed by atoms with E-state index in [0.29, 0.717) is 32.2 Å². The van der Waals surface area contributed by atoms with Gasteiger partial charge < -0.3 is 19.8 Å². The lowest BCUT2D eigenvalue weighted by atomic mass is 10.1. The highest BCUT2D eigenvalue weighted by Gasteiger charge is 2.21. The summed E-state index contributed by atoms with van der Waals surface area (Å²) in [6, 6.07) is 16.3. The highest BCUT2D eigenvalue weighted by Crippen LogP contribution is 2.32. The molecule has 2 N–H and O–H groups in total. The zero-order valence-electron chi connectivity index (χ0n) is 14.9. The first kappa shape index (κ1) is 16.2. The molecule has 3 heterocycles. The Balaban J connectivity index is 1.59. The zero-order chi connectivity index (χ0) is 18.2. The molecule has 0 atom stereocenters. The van der Waals surface area contributed by atoms with E-state index in [-0.39, 0.29) is 0 Å². The van der Waals surface area contributed by atoms with Gasteiger partial charge in [0.25, 0.3) is 0 Å². The van der Waals surface area contributed by atoms with Gasteiger partial charge in [-0.3, -0.25) is 0 Å². The highest BCUT2D eigenvalue weighted by atomic mass is 16.5. The number of pyridine rings is 1. The number of imidazole rings is 1. The van der Waals surface area contributed by atoms with Gasteiger partial charge in [0.2, 0.25) is 0 Å². The van der Waals surface area contributed by atoms with Gasteiger partial charge in [-0.2, -0.15) is 0 Å². The van der Waals surface area contributed by atoms with Gasteiger partial charge in [-0.05, 0) is 17.2 Å². The SMILES string of the molecule is Nc1nc2cccc(COCc3ccccc3)c2c2c1nc1n2CCOC1. The number of benzene rings is 2. The molecule has 0 amide bonds. The van der Waals surface area contributed by atoms with Gasteiger partial charge in [0.05, 0.1) is 30.9 Å². The van der Waals surface area contributed by atoms with E-state index in [4.69, 9.17) is 15.2 Å². The highest BCUT2D eigenvalue weighted by molar-refractivity contribution is 6.08. The molecule has 0 unspecified atom stereocenters. The zero-order valence-corrected chi connectivity index (χ0v) is 14.9. The lowest BCUT2D eigenvalue weighted by Crippen LogP contribution is -2.16. The Hall–Kier alpha value is -2.96. The fourth-order valence-corrected chi connectivity index (χ4v) is 3.71. The molecule has 5 rings (SSSR count). The Morgan fingerprint density at radius 1 is 1.04 bits per heavy atom. The van der Waals surface area contributed by atoms with Crippen molar-refractivity contribution in [3.05, 3.63) is 65.5 Å². The molecule has 4 aromatic rings. The number of hydrogen-bond donors (Lipinski definition) is 1. The molecule has 0 saturated heterocycles. The average molecular weight is 360 g/mol. The topological polar surface area (TPSA) is 75.2 Å². The molecule has 27 heavy (non-hydrogen) atoms. The second kappa shape index (κ2) is 6.64. The minimum atomic E-state index is 0.460. The Bertz CT molecular complexity index is 1120. The van der Waals surface area contributed by atoms with Crippen LogP contribution in [0.4, 0.5) is 5.82 Å². The van der Waals surface area contributed by atoms with Crippen molar-refractivity contribution < 1.29 is 9.47 Å². The fourth-order valence-electron chi connectivity index (χ4n) is 3.71. The molecule has 0 radical (unpaired) electrons. The van der Waals surface area contributed by atoms with Crippen LogP contribution in [0.1, 0.15) is 17.0 Å². The molecular weight excluding hydrogens is 340 g/mol. The van der Waals surface area contributed by atoms with Crippen molar-refractivity contribution in [2.45, 2.75) is 26.4 Å². The molecule has 0 aliphatic carbocycles. The summed E-state index contributed by atoms with van der Waals surface area (Å²) in [6.45, 7) is 3.02. The summed E-state index contributed by atoms with van der Waals surface area (Å²) in [5.74, 6) is 1.36. The van der Waals surface area contributed by atoms with Crippen molar-refractivity contribution >= 4 is 27.8 Å². The summed E-state index contributed by atoms with van der Waals surface area (Å²) in [5.41, 5.74) is 11.1. The standard InChI is InChI=1S/C21H20N4O2/c22-21-19-20(25-9-10-26-13-17(25)24-19)18-15(7-4-8-16(18)23-21)12-27-11-14-5-2-1-3-6-14/h1-8H,9-13H2,(H2,22,23). The second-order valence-electron chi connectivity index (χ2n) is 6.72. The van der Waals surface area contributed by atoms with Gasteiger partial charge in [-0.1, -0.05) is 42.5 Å². The number of ether oxygens (including phenoxy) is 2. The largest absolute Gasteiger partial charge is 0.382 e. The van der Waals surface area contributed by atoms with Crippen LogP contribution in [0.5, 0.6) is 0 Å². The first-order valence-electron chi connectivity index (χ1n) is 9.07. The monoisotopic (exact) mass is 360 g/mol. The number of nitrogens with zero attached hydrogens (tertiary/aromatic N) is 3. The Morgan fingerprint density at radius 3 is 2.81 bits per heavy atom. The van der Waals surface area contributed by atoms with E-state index in [0.717, 1.165) is 45.4 Å². The molecule has 2 aromatic heterocycles. The molecule has 2 aromatic carbocycles. The van der Waals surface area contributed by atoms with Gasteiger partial charge in [0.15, 0.2) is 5.82 Å². The Kier molecular flexibility index (Phi) is 3.99. The van der Waals surface area contributed by atoms with Crippen molar-refractivity contribution in [2.24, 2.45) is 0 Å². The third kappa shape index (κ3) is 2.83. The molecule has 0 fully saturated rings. The summed E-state index contributed by atoms with van der Waals surface area (Å²) in [5, 5.41) is 1.07. The van der Waals surface area contributed by atoms with Crippen LogP contribution in [-0.2, 0) is 35.8 Å². The Morgan fingerprint density at radius 2 is 1.93 bits per heavy atom. The smallest absolute Gasteiger partial charge is 0.152 e. The van der Waals surface area contributed by atoms with E-state index in [2.05, 4.69) is 32.7 Å². The van der Waals surface area contributed by atoms with E-state index in [1.807, 2.05) is 30.3 Å². The predicted octanol–water partition coefficient (Wildman–Crippen LogP) is 3.41. The number of anilines is 1. The van der Waals surface area contributed by atoms with E-state index in [1.54, 1.807) is 0 Å². The number of nitrogen functional groups attached to an aromatic ring is 1. The molecule has 1 aliphatic rings. The lowest BCUT2D eigenvalue weighted by molar-refractivity contribution is 0.0831. The molecule has 0 bridgehead atoms. The molecule has 6 nitrogen and oxygen atoms in total. The third-order valence-corrected chi connectivity index (χ3v) is 4.96. The average Bonchev–Trinajstić information content (AvgIpc) is 3.09. The van der Waals surface area contributed by atoms with Crippen LogP contribution < -0.4 is 5.73 Å². The molecule has 0 saturated carbocycles. The van der Waals surface area contributed by atoms with Gasteiger partial charge in [0.1, 0.15) is 17.9 Å². The summed E-state index contributed by atoms with van der Waals surface area (Å²) in [6.07, 6.45) is 0. The first-order valence-corrected chi connectivity index (χ1v) is 9.07. The minimum absolute atomic E-state index is 0.460. The maximum atomic E-state index is 6.20. The molecular formula is C21H20N4O2. The Labute approximate surface area is 156 Å². The molecule has 136 valence electrons. The lowest BCUT2D eigenvalue weighted by Gasteiger charge is -2.16. The van der Waals surface area contributed by atoms with Crippen LogP contribution in [-0.4, -0.2) is 21.1 Å². The number of hydrogen-bond acceptors (Lipinski definition) is 5. The van der Waals surface area contributed by atoms with Crippen molar-refractivity contribution in [1.82, 2.24) is 14.5 Å². The van der Waals surface area contributed by atoms with Crippen LogP contribution in [0.3, 0.4) is 0 Å². The number of aromatic nitrogens is 3. The number of rotatable bonds is 4. The van der Waals surface area contributed by atoms with E-state index < -0.39 is 0 Å². The molecule has 1 aliphatic heterocycles. The van der Waals surface area contributed by atoms with Crippen molar-refractivity contribution in [3.8, 4) is 0 Å². The van der Waals surface area contributed by atoms with Gasteiger partial charge >= 0.3 is 0 Å². The molecule has 6 heteroatoms. The van der Waals surface area contributed by atoms with E-state index in [9.17, 15) is 0 Å². The van der Waals surface area contributed by atoms with E-state index >= 15 is 0 Å². The van der Waals surface area contributed by atoms with E-state index in [1.165, 1.54) is 0 Å². The van der Waals surface area contributed by atoms with Crippen LogP contribution in [0.25, 0.3) is 21.9 Å². The first-order chi connectivity index (χ1) is 13.3. The predicted molar refractivity (Wildman–Crippen MR) is 104 cm³/mol. The third-order valence-electron chi connectivity index (χ3n) is 4.96. The van der Waals surface area contributed by atoms with Crippen LogP contribution in [0.15, 0.2) is 48.5 Å². The number of fused-ring (bicyclic) bond motifs is 5. The fraction of sp³-hybridized carbons (Fsp3) is 0.238. The normalized spacial score (nSPS) is 13.9. The van der Waals surface area contributed by atoms with Crippen LogP contribution >= 0.6 is 0 Å². The second-order valence-corrected chi connectivity index (χ2v) is 6.72. The van der Waals surface area contributed by atoms with Crippen molar-refractivity contribution in [1.29, 1.82) is 0 Å². The maximum absolute atomic E-state index is 6.20.